The van der Waals surface area contributed by atoms with E-state index in [4.69, 9.17) is 21.7 Å². The lowest BCUT2D eigenvalue weighted by atomic mass is 10.1. The standard InChI is InChI=1S/C36H39ClF3N11/c1-7-30-33(48-15-13-47(14-16-48)24(5)32-22(3)23(4)41-20-42-32)25(6)51-35(45-34(46-51)27-18-43-50-12-8-9-31(27)50)49(30)19-21(2)44-29-11-10-26(17-28(29)37)36(38,39)40/h10-11,17-18,20,44H,2,5-9,12-16,19H2,1,3-4H3. The minimum Gasteiger partial charge on any atom is -0.367 e. The summed E-state index contributed by atoms with van der Waals surface area (Å²) in [6, 6.07) is 3.22. The number of nitrogens with one attached hydrogen (secondary N) is 1. The van der Waals surface area contributed by atoms with Gasteiger partial charge in [-0.1, -0.05) is 38.3 Å². The Labute approximate surface area is 299 Å². The van der Waals surface area contributed by atoms with Crippen molar-refractivity contribution in [1.29, 1.82) is 0 Å². The van der Waals surface area contributed by atoms with Crippen molar-refractivity contribution in [2.45, 2.75) is 52.8 Å². The maximum Gasteiger partial charge on any atom is 0.416 e. The Morgan fingerprint density at radius 2 is 1.82 bits per heavy atom. The van der Waals surface area contributed by atoms with Gasteiger partial charge in [0.1, 0.15) is 6.33 Å². The van der Waals surface area contributed by atoms with Crippen LogP contribution in [0.4, 0.5) is 24.8 Å². The molecule has 0 spiro atoms. The average molecular weight is 718 g/mol. The molecule has 0 aliphatic carbocycles. The summed E-state index contributed by atoms with van der Waals surface area (Å²) in [5.74, 6) is 1.12. The third kappa shape index (κ3) is 6.26. The van der Waals surface area contributed by atoms with Gasteiger partial charge in [-0.3, -0.25) is 4.68 Å². The van der Waals surface area contributed by atoms with Gasteiger partial charge >= 0.3 is 6.18 Å². The summed E-state index contributed by atoms with van der Waals surface area (Å²) in [6.07, 6.45) is 1.44. The highest BCUT2D eigenvalue weighted by molar-refractivity contribution is 6.33. The van der Waals surface area contributed by atoms with Gasteiger partial charge in [-0.2, -0.15) is 27.9 Å². The normalized spacial score (nSPS) is 16.1. The molecule has 51 heavy (non-hydrogen) atoms. The fourth-order valence-electron chi connectivity index (χ4n) is 7.02. The summed E-state index contributed by atoms with van der Waals surface area (Å²) >= 11 is 6.30. The third-order valence-electron chi connectivity index (χ3n) is 9.81. The summed E-state index contributed by atoms with van der Waals surface area (Å²) < 4.78 is 43.7. The van der Waals surface area contributed by atoms with Crippen LogP contribution < -0.4 is 10.2 Å². The molecule has 3 aliphatic rings. The molecule has 6 heterocycles. The molecule has 0 unspecified atom stereocenters. The number of hydrogen-bond acceptors (Lipinski definition) is 9. The first kappa shape index (κ1) is 34.3. The monoisotopic (exact) mass is 717 g/mol. The Balaban J connectivity index is 1.20. The van der Waals surface area contributed by atoms with Crippen LogP contribution in [0.1, 0.15) is 48.0 Å². The number of halogens is 4. The van der Waals surface area contributed by atoms with Gasteiger partial charge in [0.25, 0.3) is 0 Å². The summed E-state index contributed by atoms with van der Waals surface area (Å²) in [5.41, 5.74) is 8.29. The topological polar surface area (TPSA) is 96.1 Å². The molecule has 1 fully saturated rings. The van der Waals surface area contributed by atoms with E-state index in [2.05, 4.69) is 61.7 Å². The van der Waals surface area contributed by atoms with Gasteiger partial charge in [0.2, 0.25) is 5.95 Å². The molecule has 1 aromatic carbocycles. The highest BCUT2D eigenvalue weighted by Crippen LogP contribution is 2.40. The van der Waals surface area contributed by atoms with Crippen LogP contribution in [-0.2, 0) is 19.1 Å². The predicted octanol–water partition coefficient (Wildman–Crippen LogP) is 6.99. The molecule has 0 saturated carbocycles. The Hall–Kier alpha value is -5.11. The molecule has 7 rings (SSSR count). The number of aromatic nitrogens is 7. The smallest absolute Gasteiger partial charge is 0.367 e. The summed E-state index contributed by atoms with van der Waals surface area (Å²) in [7, 11) is 0. The molecule has 3 aromatic heterocycles. The number of piperazine rings is 1. The number of hydrogen-bond donors (Lipinski definition) is 1. The molecule has 4 aromatic rings. The Kier molecular flexibility index (Phi) is 8.90. The van der Waals surface area contributed by atoms with E-state index < -0.39 is 11.7 Å². The second-order valence-electron chi connectivity index (χ2n) is 12.9. The number of alkyl halides is 3. The van der Waals surface area contributed by atoms with Gasteiger partial charge in [0, 0.05) is 55.5 Å². The van der Waals surface area contributed by atoms with Crippen molar-refractivity contribution in [2.24, 2.45) is 0 Å². The predicted molar refractivity (Wildman–Crippen MR) is 192 cm³/mol. The molecular weight excluding hydrogens is 679 g/mol. The molecule has 3 aliphatic heterocycles. The molecule has 0 bridgehead atoms. The fraction of sp³-hybridized carbons (Fsp3) is 0.361. The van der Waals surface area contributed by atoms with E-state index in [1.165, 1.54) is 6.07 Å². The van der Waals surface area contributed by atoms with E-state index in [0.717, 1.165) is 76.8 Å². The first-order valence-electron chi connectivity index (χ1n) is 16.9. The second-order valence-corrected chi connectivity index (χ2v) is 13.3. The molecule has 15 heteroatoms. The highest BCUT2D eigenvalue weighted by Gasteiger charge is 2.36. The van der Waals surface area contributed by atoms with Crippen molar-refractivity contribution in [2.75, 3.05) is 42.9 Å². The second kappa shape index (κ2) is 13.2. The molecule has 11 nitrogen and oxygen atoms in total. The lowest BCUT2D eigenvalue weighted by Crippen LogP contribution is -2.47. The lowest BCUT2D eigenvalue weighted by molar-refractivity contribution is -0.137. The van der Waals surface area contributed by atoms with Crippen LogP contribution in [0.25, 0.3) is 22.8 Å². The van der Waals surface area contributed by atoms with Crippen LogP contribution in [0.5, 0.6) is 0 Å². The zero-order valence-corrected chi connectivity index (χ0v) is 29.6. The molecule has 0 radical (unpaired) electrons. The van der Waals surface area contributed by atoms with Crippen LogP contribution in [0.2, 0.25) is 5.02 Å². The highest BCUT2D eigenvalue weighted by atomic mass is 35.5. The van der Waals surface area contributed by atoms with Crippen molar-refractivity contribution in [3.05, 3.63) is 101 Å². The van der Waals surface area contributed by atoms with E-state index in [-0.39, 0.29) is 11.6 Å². The largest absolute Gasteiger partial charge is 0.416 e. The van der Waals surface area contributed by atoms with Gasteiger partial charge in [-0.25, -0.2) is 9.97 Å². The number of allylic oxidation sites excluding steroid dienone is 2. The van der Waals surface area contributed by atoms with E-state index in [0.29, 0.717) is 61.5 Å². The van der Waals surface area contributed by atoms with Crippen molar-refractivity contribution in [3.8, 4) is 11.4 Å². The minimum atomic E-state index is -4.50. The summed E-state index contributed by atoms with van der Waals surface area (Å²) in [4.78, 5) is 20.5. The van der Waals surface area contributed by atoms with Gasteiger partial charge in [0.15, 0.2) is 5.82 Å². The lowest BCUT2D eigenvalue weighted by Gasteiger charge is -2.43. The van der Waals surface area contributed by atoms with Gasteiger partial charge in [-0.15, -0.1) is 5.10 Å². The van der Waals surface area contributed by atoms with E-state index in [1.807, 2.05) is 24.7 Å². The van der Waals surface area contributed by atoms with Gasteiger partial charge in [0.05, 0.1) is 57.4 Å². The molecule has 1 N–H and O–H groups in total. The first-order valence-corrected chi connectivity index (χ1v) is 17.2. The number of benzene rings is 1. The quantitative estimate of drug-likeness (QED) is 0.197. The van der Waals surface area contributed by atoms with E-state index >= 15 is 0 Å². The first-order chi connectivity index (χ1) is 24.3. The fourth-order valence-corrected chi connectivity index (χ4v) is 7.25. The van der Waals surface area contributed by atoms with Crippen molar-refractivity contribution >= 4 is 34.6 Å². The third-order valence-corrected chi connectivity index (χ3v) is 10.1. The Morgan fingerprint density at radius 1 is 1.06 bits per heavy atom. The molecule has 0 amide bonds. The zero-order chi connectivity index (χ0) is 36.2. The Morgan fingerprint density at radius 3 is 2.53 bits per heavy atom. The average Bonchev–Trinajstić information content (AvgIpc) is 3.84. The number of aryl methyl sites for hydroxylation is 2. The minimum absolute atomic E-state index is 0.0581. The number of fused-ring (bicyclic) bond motifs is 2. The summed E-state index contributed by atoms with van der Waals surface area (Å²) in [6.45, 7) is 23.2. The molecule has 266 valence electrons. The number of rotatable bonds is 9. The van der Waals surface area contributed by atoms with Crippen LogP contribution in [0.15, 0.2) is 67.6 Å². The van der Waals surface area contributed by atoms with Crippen LogP contribution in [-0.4, -0.2) is 77.0 Å². The summed E-state index contributed by atoms with van der Waals surface area (Å²) in [5, 5.41) is 12.6. The van der Waals surface area contributed by atoms with Crippen molar-refractivity contribution in [3.63, 3.8) is 0 Å². The maximum atomic E-state index is 13.3. The van der Waals surface area contributed by atoms with Crippen molar-refractivity contribution in [1.82, 2.24) is 44.3 Å². The zero-order valence-electron chi connectivity index (χ0n) is 28.9. The Bertz CT molecular complexity index is 2090. The molecule has 0 atom stereocenters. The van der Waals surface area contributed by atoms with E-state index in [9.17, 15) is 13.2 Å². The number of nitrogens with zero attached hydrogens (tertiary/aromatic N) is 10. The van der Waals surface area contributed by atoms with Crippen LogP contribution >= 0.6 is 11.6 Å². The maximum absolute atomic E-state index is 13.3. The van der Waals surface area contributed by atoms with Crippen LogP contribution in [0, 0.1) is 13.8 Å². The molecule has 1 saturated heterocycles. The SMILES string of the molecule is C=C(CN1C(CC)=C(N2CCN(C(=C)c3ncnc(C)c3C)CC2)C(=C)n2nc(-c3cnn4c3CCC4)nc21)Nc1ccc(C(F)(F)F)cc1Cl. The van der Waals surface area contributed by atoms with Gasteiger partial charge in [-0.05, 0) is 56.9 Å². The van der Waals surface area contributed by atoms with Crippen LogP contribution in [0.3, 0.4) is 0 Å². The van der Waals surface area contributed by atoms with Crippen molar-refractivity contribution < 1.29 is 13.2 Å². The number of anilines is 2. The van der Waals surface area contributed by atoms with Gasteiger partial charge < -0.3 is 20.0 Å². The molecular formula is C36H39ClF3N11. The van der Waals surface area contributed by atoms with E-state index in [1.54, 1.807) is 11.0 Å².